The maximum Gasteiger partial charge on any atom is 0.336 e. The smallest absolute Gasteiger partial charge is 0.336 e. The van der Waals surface area contributed by atoms with Crippen molar-refractivity contribution in [3.8, 4) is 0 Å². The van der Waals surface area contributed by atoms with E-state index in [4.69, 9.17) is 0 Å². The normalized spacial score (nSPS) is 13.6. The van der Waals surface area contributed by atoms with Crippen molar-refractivity contribution >= 4 is 28.3 Å². The van der Waals surface area contributed by atoms with E-state index in [0.29, 0.717) is 18.5 Å². The van der Waals surface area contributed by atoms with Crippen LogP contribution in [-0.2, 0) is 13.0 Å². The monoisotopic (exact) mass is 303 g/mol. The van der Waals surface area contributed by atoms with E-state index < -0.39 is 5.97 Å². The number of anilines is 1. The second kappa shape index (κ2) is 5.53. The van der Waals surface area contributed by atoms with E-state index in [1.807, 2.05) is 17.5 Å². The van der Waals surface area contributed by atoms with E-state index in [0.717, 1.165) is 10.7 Å². The number of rotatable bonds is 2. The summed E-state index contributed by atoms with van der Waals surface area (Å²) in [7, 11) is 0. The number of fused-ring (bicyclic) bond motifs is 1. The maximum atomic E-state index is 12.2. The number of urea groups is 1. The standard InChI is InChI=1S/C14H13N3O3S/c18-13(19)9-3-5-15-11-4-6-17(8-10(9)11)14(20)16-12-2-1-7-21-12/h1-3,5,7H,4,6,8H2,(H,16,20)(H,18,19). The Morgan fingerprint density at radius 1 is 1.38 bits per heavy atom. The summed E-state index contributed by atoms with van der Waals surface area (Å²) >= 11 is 1.44. The molecule has 1 aliphatic heterocycles. The summed E-state index contributed by atoms with van der Waals surface area (Å²) in [5, 5.41) is 14.7. The molecule has 0 aromatic carbocycles. The van der Waals surface area contributed by atoms with Crippen molar-refractivity contribution in [1.82, 2.24) is 9.88 Å². The number of carboxylic acids is 1. The first-order chi connectivity index (χ1) is 10.1. The molecule has 1 aliphatic rings. The number of aromatic carboxylic acids is 1. The van der Waals surface area contributed by atoms with E-state index in [1.54, 1.807) is 4.90 Å². The van der Waals surface area contributed by atoms with Crippen LogP contribution in [0.2, 0.25) is 0 Å². The minimum Gasteiger partial charge on any atom is -0.478 e. The molecule has 0 aliphatic carbocycles. The number of nitrogens with one attached hydrogen (secondary N) is 1. The third kappa shape index (κ3) is 2.73. The number of aromatic nitrogens is 1. The van der Waals surface area contributed by atoms with Crippen LogP contribution in [0.1, 0.15) is 21.6 Å². The van der Waals surface area contributed by atoms with Crippen molar-refractivity contribution in [2.75, 3.05) is 11.9 Å². The molecular formula is C14H13N3O3S. The van der Waals surface area contributed by atoms with Gasteiger partial charge in [-0.1, -0.05) is 0 Å². The summed E-state index contributed by atoms with van der Waals surface area (Å²) in [5.74, 6) is -0.992. The van der Waals surface area contributed by atoms with E-state index in [-0.39, 0.29) is 18.1 Å². The van der Waals surface area contributed by atoms with Crippen LogP contribution in [0.4, 0.5) is 9.80 Å². The number of carbonyl (C=O) groups excluding carboxylic acids is 1. The van der Waals surface area contributed by atoms with Crippen LogP contribution in [0.3, 0.4) is 0 Å². The maximum absolute atomic E-state index is 12.2. The summed E-state index contributed by atoms with van der Waals surface area (Å²) in [6, 6.07) is 4.94. The minimum absolute atomic E-state index is 0.216. The molecule has 2 amide bonds. The zero-order valence-corrected chi connectivity index (χ0v) is 11.9. The predicted octanol–water partition coefficient (Wildman–Crippen LogP) is 2.43. The average Bonchev–Trinajstić information content (AvgIpc) is 2.98. The van der Waals surface area contributed by atoms with Crippen molar-refractivity contribution in [3.05, 3.63) is 46.6 Å². The first-order valence-electron chi connectivity index (χ1n) is 6.44. The second-order valence-electron chi connectivity index (χ2n) is 4.67. The molecular weight excluding hydrogens is 290 g/mol. The van der Waals surface area contributed by atoms with Gasteiger partial charge in [-0.25, -0.2) is 9.59 Å². The highest BCUT2D eigenvalue weighted by Gasteiger charge is 2.25. The van der Waals surface area contributed by atoms with Gasteiger partial charge in [-0.3, -0.25) is 10.3 Å². The number of carboxylic acid groups (broad SMARTS) is 1. The Morgan fingerprint density at radius 2 is 2.24 bits per heavy atom. The Hall–Kier alpha value is -2.41. The molecule has 7 heteroatoms. The molecule has 3 rings (SSSR count). The molecule has 0 fully saturated rings. The van der Waals surface area contributed by atoms with Crippen LogP contribution in [0, 0.1) is 0 Å². The SMILES string of the molecule is O=C(O)c1ccnc2c1CN(C(=O)Nc1cccs1)CC2. The van der Waals surface area contributed by atoms with Gasteiger partial charge in [-0.2, -0.15) is 0 Å². The molecule has 21 heavy (non-hydrogen) atoms. The van der Waals surface area contributed by atoms with Gasteiger partial charge in [0.1, 0.15) is 0 Å². The van der Waals surface area contributed by atoms with Gasteiger partial charge in [0.2, 0.25) is 0 Å². The Balaban J connectivity index is 1.80. The van der Waals surface area contributed by atoms with Gasteiger partial charge in [-0.15, -0.1) is 11.3 Å². The van der Waals surface area contributed by atoms with Crippen LogP contribution in [-0.4, -0.2) is 33.5 Å². The van der Waals surface area contributed by atoms with Gasteiger partial charge in [0.25, 0.3) is 0 Å². The van der Waals surface area contributed by atoms with E-state index in [1.165, 1.54) is 23.6 Å². The highest BCUT2D eigenvalue weighted by atomic mass is 32.1. The van der Waals surface area contributed by atoms with E-state index in [2.05, 4.69) is 10.3 Å². The topological polar surface area (TPSA) is 82.5 Å². The second-order valence-corrected chi connectivity index (χ2v) is 5.62. The van der Waals surface area contributed by atoms with Gasteiger partial charge >= 0.3 is 12.0 Å². The van der Waals surface area contributed by atoms with Crippen molar-refractivity contribution in [2.24, 2.45) is 0 Å². The van der Waals surface area contributed by atoms with Gasteiger partial charge in [0.05, 0.1) is 17.1 Å². The van der Waals surface area contributed by atoms with Gasteiger partial charge < -0.3 is 10.0 Å². The summed E-state index contributed by atoms with van der Waals surface area (Å²) in [5.41, 5.74) is 1.60. The summed E-state index contributed by atoms with van der Waals surface area (Å²) in [4.78, 5) is 29.3. The number of amides is 2. The van der Waals surface area contributed by atoms with Crippen molar-refractivity contribution in [2.45, 2.75) is 13.0 Å². The van der Waals surface area contributed by atoms with Gasteiger partial charge in [0, 0.05) is 30.4 Å². The molecule has 6 nitrogen and oxygen atoms in total. The molecule has 0 unspecified atom stereocenters. The summed E-state index contributed by atoms with van der Waals surface area (Å²) < 4.78 is 0. The molecule has 0 radical (unpaired) electrons. The minimum atomic E-state index is -0.992. The van der Waals surface area contributed by atoms with Crippen LogP contribution in [0.5, 0.6) is 0 Å². The molecule has 0 spiro atoms. The largest absolute Gasteiger partial charge is 0.478 e. The van der Waals surface area contributed by atoms with Gasteiger partial charge in [-0.05, 0) is 23.6 Å². The fourth-order valence-electron chi connectivity index (χ4n) is 2.35. The molecule has 0 atom stereocenters. The lowest BCUT2D eigenvalue weighted by molar-refractivity contribution is 0.0693. The zero-order valence-electron chi connectivity index (χ0n) is 11.1. The predicted molar refractivity (Wildman–Crippen MR) is 78.6 cm³/mol. The van der Waals surface area contributed by atoms with E-state index in [9.17, 15) is 14.7 Å². The molecule has 0 saturated carbocycles. The fraction of sp³-hybridized carbons (Fsp3) is 0.214. The molecule has 2 aromatic rings. The molecule has 2 N–H and O–H groups in total. The number of pyridine rings is 1. The van der Waals surface area contributed by atoms with Crippen LogP contribution in [0.15, 0.2) is 29.8 Å². The number of thiophene rings is 1. The zero-order chi connectivity index (χ0) is 14.8. The Labute approximate surface area is 125 Å². The summed E-state index contributed by atoms with van der Waals surface area (Å²) in [6.07, 6.45) is 2.07. The average molecular weight is 303 g/mol. The lowest BCUT2D eigenvalue weighted by atomic mass is 10.0. The molecule has 0 saturated heterocycles. The first-order valence-corrected chi connectivity index (χ1v) is 7.32. The molecule has 2 aromatic heterocycles. The Morgan fingerprint density at radius 3 is 2.95 bits per heavy atom. The molecule has 108 valence electrons. The van der Waals surface area contributed by atoms with Crippen molar-refractivity contribution in [3.63, 3.8) is 0 Å². The highest BCUT2D eigenvalue weighted by molar-refractivity contribution is 7.14. The Kier molecular flexibility index (Phi) is 3.57. The van der Waals surface area contributed by atoms with Crippen LogP contribution < -0.4 is 5.32 Å². The number of hydrogen-bond donors (Lipinski definition) is 2. The van der Waals surface area contributed by atoms with E-state index >= 15 is 0 Å². The molecule has 3 heterocycles. The summed E-state index contributed by atoms with van der Waals surface area (Å²) in [6.45, 7) is 0.794. The number of carbonyl (C=O) groups is 2. The van der Waals surface area contributed by atoms with Gasteiger partial charge in [0.15, 0.2) is 0 Å². The third-order valence-electron chi connectivity index (χ3n) is 3.38. The van der Waals surface area contributed by atoms with Crippen LogP contribution in [0.25, 0.3) is 0 Å². The van der Waals surface area contributed by atoms with Crippen LogP contribution >= 0.6 is 11.3 Å². The lowest BCUT2D eigenvalue weighted by Crippen LogP contribution is -2.39. The highest BCUT2D eigenvalue weighted by Crippen LogP contribution is 2.22. The Bertz CT molecular complexity index is 685. The number of nitrogens with zero attached hydrogens (tertiary/aromatic N) is 2. The molecule has 0 bridgehead atoms. The first kappa shape index (κ1) is 13.6. The fourth-order valence-corrected chi connectivity index (χ4v) is 2.95. The van der Waals surface area contributed by atoms with Crippen molar-refractivity contribution in [1.29, 1.82) is 0 Å². The van der Waals surface area contributed by atoms with Crippen molar-refractivity contribution < 1.29 is 14.7 Å². The lowest BCUT2D eigenvalue weighted by Gasteiger charge is -2.28. The number of hydrogen-bond acceptors (Lipinski definition) is 4. The third-order valence-corrected chi connectivity index (χ3v) is 4.17. The quantitative estimate of drug-likeness (QED) is 0.892.